The number of piperidine rings is 1. The van der Waals surface area contributed by atoms with Gasteiger partial charge in [0.05, 0.1) is 13.2 Å². The topological polar surface area (TPSA) is 74.8 Å². The summed E-state index contributed by atoms with van der Waals surface area (Å²) in [6.07, 6.45) is 3.61. The summed E-state index contributed by atoms with van der Waals surface area (Å²) in [7, 11) is 0. The standard InChI is InChI=1S/C19H28N4O3/c1-15-3-7-23(8-4-15)19(25)16-2-5-20-17(14-16)18(24)21-6-9-22-10-12-26-13-11-22/h2,5,14-15H,3-4,6-13H2,1H3,(H,21,24). The number of nitrogens with one attached hydrogen (secondary N) is 1. The molecule has 26 heavy (non-hydrogen) atoms. The molecular weight excluding hydrogens is 332 g/mol. The van der Waals surface area contributed by atoms with Gasteiger partial charge in [-0.2, -0.15) is 0 Å². The van der Waals surface area contributed by atoms with Gasteiger partial charge in [0.15, 0.2) is 0 Å². The molecule has 1 aromatic heterocycles. The van der Waals surface area contributed by atoms with Gasteiger partial charge in [-0.3, -0.25) is 19.5 Å². The Kier molecular flexibility index (Phi) is 6.57. The third kappa shape index (κ3) is 5.02. The SMILES string of the molecule is CC1CCN(C(=O)c2ccnc(C(=O)NCCN3CCOCC3)c2)CC1. The summed E-state index contributed by atoms with van der Waals surface area (Å²) in [5.41, 5.74) is 0.830. The lowest BCUT2D eigenvalue weighted by molar-refractivity contribution is 0.0383. The van der Waals surface area contributed by atoms with Crippen molar-refractivity contribution in [3.05, 3.63) is 29.6 Å². The molecule has 0 saturated carbocycles. The number of hydrogen-bond acceptors (Lipinski definition) is 5. The first-order valence-electron chi connectivity index (χ1n) is 9.47. The largest absolute Gasteiger partial charge is 0.379 e. The van der Waals surface area contributed by atoms with Crippen LogP contribution in [0.1, 0.15) is 40.6 Å². The first-order chi connectivity index (χ1) is 12.6. The Balaban J connectivity index is 1.52. The number of nitrogens with zero attached hydrogens (tertiary/aromatic N) is 3. The summed E-state index contributed by atoms with van der Waals surface area (Å²) in [6.45, 7) is 8.41. The Labute approximate surface area is 154 Å². The van der Waals surface area contributed by atoms with Gasteiger partial charge in [0.2, 0.25) is 0 Å². The molecular formula is C19H28N4O3. The quantitative estimate of drug-likeness (QED) is 0.848. The second-order valence-electron chi connectivity index (χ2n) is 7.11. The maximum absolute atomic E-state index is 12.6. The Bertz CT molecular complexity index is 623. The molecule has 1 aromatic rings. The van der Waals surface area contributed by atoms with E-state index in [0.717, 1.165) is 58.8 Å². The van der Waals surface area contributed by atoms with Crippen LogP contribution in [0.25, 0.3) is 0 Å². The number of aromatic nitrogens is 1. The predicted molar refractivity (Wildman–Crippen MR) is 98.1 cm³/mol. The van der Waals surface area contributed by atoms with Crippen LogP contribution in [0.3, 0.4) is 0 Å². The number of rotatable bonds is 5. The number of hydrogen-bond donors (Lipinski definition) is 1. The van der Waals surface area contributed by atoms with Crippen LogP contribution in [-0.4, -0.2) is 79.1 Å². The van der Waals surface area contributed by atoms with E-state index in [1.165, 1.54) is 6.20 Å². The van der Waals surface area contributed by atoms with Crippen LogP contribution < -0.4 is 5.32 Å². The fourth-order valence-electron chi connectivity index (χ4n) is 3.32. The molecule has 0 bridgehead atoms. The lowest BCUT2D eigenvalue weighted by Gasteiger charge is -2.30. The van der Waals surface area contributed by atoms with Crippen LogP contribution in [0.4, 0.5) is 0 Å². The summed E-state index contributed by atoms with van der Waals surface area (Å²) in [6, 6.07) is 3.29. The summed E-state index contributed by atoms with van der Waals surface area (Å²) in [4.78, 5) is 33.2. The summed E-state index contributed by atoms with van der Waals surface area (Å²) < 4.78 is 5.31. The number of likely N-dealkylation sites (tertiary alicyclic amines) is 1. The van der Waals surface area contributed by atoms with Crippen molar-refractivity contribution in [1.82, 2.24) is 20.1 Å². The minimum atomic E-state index is -0.236. The van der Waals surface area contributed by atoms with Gasteiger partial charge in [0.25, 0.3) is 11.8 Å². The first-order valence-corrected chi connectivity index (χ1v) is 9.47. The zero-order valence-electron chi connectivity index (χ0n) is 15.4. The lowest BCUT2D eigenvalue weighted by Crippen LogP contribution is -2.41. The highest BCUT2D eigenvalue weighted by Gasteiger charge is 2.22. The molecule has 7 nitrogen and oxygen atoms in total. The Morgan fingerprint density at radius 2 is 1.96 bits per heavy atom. The molecule has 3 heterocycles. The normalized spacial score (nSPS) is 19.3. The van der Waals surface area contributed by atoms with Crippen LogP contribution in [0.5, 0.6) is 0 Å². The predicted octanol–water partition coefficient (Wildman–Crippen LogP) is 1.02. The van der Waals surface area contributed by atoms with Crippen LogP contribution in [0, 0.1) is 5.92 Å². The molecule has 7 heteroatoms. The molecule has 0 atom stereocenters. The van der Waals surface area contributed by atoms with E-state index in [4.69, 9.17) is 4.74 Å². The van der Waals surface area contributed by atoms with Gasteiger partial charge < -0.3 is 15.0 Å². The van der Waals surface area contributed by atoms with Crippen molar-refractivity contribution in [1.29, 1.82) is 0 Å². The number of carbonyl (C=O) groups excluding carboxylic acids is 2. The number of ether oxygens (including phenoxy) is 1. The van der Waals surface area contributed by atoms with Crippen LogP contribution in [-0.2, 0) is 4.74 Å². The molecule has 3 rings (SSSR count). The van der Waals surface area contributed by atoms with Gasteiger partial charge in [-0.1, -0.05) is 6.92 Å². The molecule has 2 fully saturated rings. The fraction of sp³-hybridized carbons (Fsp3) is 0.632. The van der Waals surface area contributed by atoms with Gasteiger partial charge in [-0.15, -0.1) is 0 Å². The molecule has 0 radical (unpaired) electrons. The van der Waals surface area contributed by atoms with Gasteiger partial charge in [0.1, 0.15) is 5.69 Å². The second-order valence-corrected chi connectivity index (χ2v) is 7.11. The monoisotopic (exact) mass is 360 g/mol. The van der Waals surface area contributed by atoms with Gasteiger partial charge in [-0.25, -0.2) is 0 Å². The maximum Gasteiger partial charge on any atom is 0.269 e. The van der Waals surface area contributed by atoms with E-state index in [1.54, 1.807) is 12.1 Å². The smallest absolute Gasteiger partial charge is 0.269 e. The number of pyridine rings is 1. The zero-order valence-corrected chi connectivity index (χ0v) is 15.4. The van der Waals surface area contributed by atoms with E-state index in [9.17, 15) is 9.59 Å². The molecule has 0 aliphatic carbocycles. The zero-order chi connectivity index (χ0) is 18.4. The molecule has 2 aliphatic rings. The van der Waals surface area contributed by atoms with Crippen molar-refractivity contribution >= 4 is 11.8 Å². The van der Waals surface area contributed by atoms with Crippen LogP contribution in [0.15, 0.2) is 18.3 Å². The molecule has 142 valence electrons. The van der Waals surface area contributed by atoms with E-state index in [0.29, 0.717) is 23.7 Å². The van der Waals surface area contributed by atoms with Crippen molar-refractivity contribution in [2.75, 3.05) is 52.5 Å². The fourth-order valence-corrected chi connectivity index (χ4v) is 3.32. The van der Waals surface area contributed by atoms with Crippen molar-refractivity contribution in [3.8, 4) is 0 Å². The van der Waals surface area contributed by atoms with Crippen molar-refractivity contribution in [2.45, 2.75) is 19.8 Å². The highest BCUT2D eigenvalue weighted by molar-refractivity contribution is 5.98. The molecule has 2 aliphatic heterocycles. The van der Waals surface area contributed by atoms with E-state index in [-0.39, 0.29) is 11.8 Å². The molecule has 2 amide bonds. The minimum absolute atomic E-state index is 0.0123. The summed E-state index contributed by atoms with van der Waals surface area (Å²) in [5.74, 6) is 0.422. The van der Waals surface area contributed by atoms with Crippen molar-refractivity contribution < 1.29 is 14.3 Å². The Hall–Kier alpha value is -1.99. The second kappa shape index (κ2) is 9.09. The molecule has 0 spiro atoms. The van der Waals surface area contributed by atoms with E-state index in [1.807, 2.05) is 4.90 Å². The molecule has 2 saturated heterocycles. The molecule has 0 aromatic carbocycles. The maximum atomic E-state index is 12.6. The number of morpholine rings is 1. The van der Waals surface area contributed by atoms with Gasteiger partial charge in [0, 0.05) is 51.0 Å². The molecule has 1 N–H and O–H groups in total. The number of amides is 2. The third-order valence-electron chi connectivity index (χ3n) is 5.13. The van der Waals surface area contributed by atoms with E-state index < -0.39 is 0 Å². The summed E-state index contributed by atoms with van der Waals surface area (Å²) in [5, 5.41) is 2.89. The third-order valence-corrected chi connectivity index (χ3v) is 5.13. The van der Waals surface area contributed by atoms with Crippen LogP contribution in [0.2, 0.25) is 0 Å². The van der Waals surface area contributed by atoms with Crippen LogP contribution >= 0.6 is 0 Å². The lowest BCUT2D eigenvalue weighted by atomic mass is 9.98. The van der Waals surface area contributed by atoms with Gasteiger partial charge in [-0.05, 0) is 30.9 Å². The van der Waals surface area contributed by atoms with E-state index in [2.05, 4.69) is 22.1 Å². The van der Waals surface area contributed by atoms with Gasteiger partial charge >= 0.3 is 0 Å². The average Bonchev–Trinajstić information content (AvgIpc) is 2.69. The van der Waals surface area contributed by atoms with Crippen molar-refractivity contribution in [2.24, 2.45) is 5.92 Å². The highest BCUT2D eigenvalue weighted by Crippen LogP contribution is 2.18. The van der Waals surface area contributed by atoms with E-state index >= 15 is 0 Å². The highest BCUT2D eigenvalue weighted by atomic mass is 16.5. The summed E-state index contributed by atoms with van der Waals surface area (Å²) >= 11 is 0. The Morgan fingerprint density at radius 3 is 2.69 bits per heavy atom. The number of carbonyl (C=O) groups is 2. The Morgan fingerprint density at radius 1 is 1.23 bits per heavy atom. The molecule has 0 unspecified atom stereocenters. The average molecular weight is 360 g/mol. The first kappa shape index (κ1) is 18.8. The van der Waals surface area contributed by atoms with Crippen molar-refractivity contribution in [3.63, 3.8) is 0 Å². The minimum Gasteiger partial charge on any atom is -0.379 e.